The fourth-order valence-corrected chi connectivity index (χ4v) is 4.13. The van der Waals surface area contributed by atoms with Crippen LogP contribution in [0.2, 0.25) is 0 Å². The van der Waals surface area contributed by atoms with Gasteiger partial charge in [-0.25, -0.2) is 22.3 Å². The number of carbonyl (C=O) groups excluding carboxylic acids is 1. The summed E-state index contributed by atoms with van der Waals surface area (Å²) < 4.78 is 41.5. The predicted octanol–water partition coefficient (Wildman–Crippen LogP) is 3.59. The SMILES string of the molecule is CCS(=O)(=O)Nc1cc(-c2ccnc3c(C(=O)c4cccs4)cnn23)ccc1F. The van der Waals surface area contributed by atoms with Crippen LogP contribution in [0.15, 0.2) is 54.2 Å². The Kier molecular flexibility index (Phi) is 4.89. The summed E-state index contributed by atoms with van der Waals surface area (Å²) in [5, 5.41) is 6.09. The van der Waals surface area contributed by atoms with Gasteiger partial charge in [0.05, 0.1) is 33.8 Å². The molecule has 0 amide bonds. The van der Waals surface area contributed by atoms with E-state index in [0.29, 0.717) is 27.3 Å². The van der Waals surface area contributed by atoms with E-state index in [4.69, 9.17) is 0 Å². The Morgan fingerprint density at radius 2 is 2.10 bits per heavy atom. The third kappa shape index (κ3) is 3.64. The number of ketones is 1. The Morgan fingerprint density at radius 1 is 1.28 bits per heavy atom. The number of thiophene rings is 1. The number of anilines is 1. The number of nitrogens with zero attached hydrogens (tertiary/aromatic N) is 3. The lowest BCUT2D eigenvalue weighted by molar-refractivity contribution is 0.104. The molecule has 0 aliphatic carbocycles. The van der Waals surface area contributed by atoms with E-state index in [1.807, 2.05) is 5.38 Å². The van der Waals surface area contributed by atoms with E-state index < -0.39 is 15.8 Å². The van der Waals surface area contributed by atoms with Crippen molar-refractivity contribution in [2.45, 2.75) is 6.92 Å². The summed E-state index contributed by atoms with van der Waals surface area (Å²) in [5.41, 5.74) is 1.61. The van der Waals surface area contributed by atoms with Gasteiger partial charge >= 0.3 is 0 Å². The van der Waals surface area contributed by atoms with Crippen molar-refractivity contribution in [3.63, 3.8) is 0 Å². The van der Waals surface area contributed by atoms with E-state index in [2.05, 4.69) is 14.8 Å². The monoisotopic (exact) mass is 430 g/mol. The van der Waals surface area contributed by atoms with Crippen molar-refractivity contribution in [1.82, 2.24) is 14.6 Å². The number of hydrogen-bond acceptors (Lipinski definition) is 6. The lowest BCUT2D eigenvalue weighted by Gasteiger charge is -2.10. The third-order valence-electron chi connectivity index (χ3n) is 4.30. The molecule has 0 atom stereocenters. The van der Waals surface area contributed by atoms with Crippen LogP contribution in [-0.2, 0) is 10.0 Å². The molecular formula is C19H15FN4O3S2. The molecule has 10 heteroatoms. The molecule has 0 saturated heterocycles. The zero-order valence-electron chi connectivity index (χ0n) is 15.2. The predicted molar refractivity (Wildman–Crippen MR) is 109 cm³/mol. The Labute approximate surface area is 169 Å². The molecule has 4 aromatic rings. The van der Waals surface area contributed by atoms with E-state index in [1.54, 1.807) is 18.2 Å². The van der Waals surface area contributed by atoms with E-state index in [9.17, 15) is 17.6 Å². The third-order valence-corrected chi connectivity index (χ3v) is 6.46. The van der Waals surface area contributed by atoms with Gasteiger partial charge < -0.3 is 0 Å². The Morgan fingerprint density at radius 3 is 2.83 bits per heavy atom. The molecule has 0 bridgehead atoms. The van der Waals surface area contributed by atoms with Gasteiger partial charge in [-0.3, -0.25) is 9.52 Å². The quantitative estimate of drug-likeness (QED) is 0.472. The lowest BCUT2D eigenvalue weighted by Crippen LogP contribution is -2.15. The van der Waals surface area contributed by atoms with E-state index in [0.717, 1.165) is 0 Å². The molecule has 4 rings (SSSR count). The maximum atomic E-state index is 14.1. The van der Waals surface area contributed by atoms with Crippen molar-refractivity contribution < 1.29 is 17.6 Å². The first-order chi connectivity index (χ1) is 13.9. The molecule has 0 unspecified atom stereocenters. The maximum absolute atomic E-state index is 14.1. The van der Waals surface area contributed by atoms with E-state index >= 15 is 0 Å². The molecule has 0 spiro atoms. The molecule has 148 valence electrons. The largest absolute Gasteiger partial charge is 0.287 e. The number of hydrogen-bond donors (Lipinski definition) is 1. The van der Waals surface area contributed by atoms with Crippen LogP contribution in [-0.4, -0.2) is 34.6 Å². The van der Waals surface area contributed by atoms with Crippen LogP contribution in [0, 0.1) is 5.82 Å². The summed E-state index contributed by atoms with van der Waals surface area (Å²) >= 11 is 1.33. The van der Waals surface area contributed by atoms with Crippen LogP contribution in [0.25, 0.3) is 16.9 Å². The van der Waals surface area contributed by atoms with Gasteiger partial charge in [-0.1, -0.05) is 6.07 Å². The normalized spacial score (nSPS) is 11.7. The van der Waals surface area contributed by atoms with Gasteiger partial charge in [0.25, 0.3) is 0 Å². The number of aromatic nitrogens is 3. The molecule has 0 saturated carbocycles. The summed E-state index contributed by atoms with van der Waals surface area (Å²) in [4.78, 5) is 17.6. The molecule has 7 nitrogen and oxygen atoms in total. The summed E-state index contributed by atoms with van der Waals surface area (Å²) in [7, 11) is -3.64. The highest BCUT2D eigenvalue weighted by atomic mass is 32.2. The fourth-order valence-electron chi connectivity index (χ4n) is 2.81. The minimum Gasteiger partial charge on any atom is -0.287 e. The van der Waals surface area contributed by atoms with Crippen molar-refractivity contribution in [2.24, 2.45) is 0 Å². The van der Waals surface area contributed by atoms with Gasteiger partial charge in [-0.2, -0.15) is 5.10 Å². The Hall–Kier alpha value is -3.11. The van der Waals surface area contributed by atoms with Crippen LogP contribution >= 0.6 is 11.3 Å². The molecular weight excluding hydrogens is 415 g/mol. The van der Waals surface area contributed by atoms with Crippen LogP contribution in [0.5, 0.6) is 0 Å². The van der Waals surface area contributed by atoms with Crippen LogP contribution in [0.1, 0.15) is 22.2 Å². The summed E-state index contributed by atoms with van der Waals surface area (Å²) in [6.45, 7) is 1.46. The number of benzene rings is 1. The van der Waals surface area contributed by atoms with Crippen molar-refractivity contribution in [3.8, 4) is 11.3 Å². The number of nitrogens with one attached hydrogen (secondary N) is 1. The van der Waals surface area contributed by atoms with Gasteiger partial charge in [0.1, 0.15) is 5.82 Å². The average molecular weight is 430 g/mol. The van der Waals surface area contributed by atoms with Crippen LogP contribution in [0.4, 0.5) is 10.1 Å². The molecule has 0 aliphatic rings. The number of halogens is 1. The topological polar surface area (TPSA) is 93.4 Å². The zero-order valence-corrected chi connectivity index (χ0v) is 16.8. The van der Waals surface area contributed by atoms with Gasteiger partial charge in [0.15, 0.2) is 5.65 Å². The van der Waals surface area contributed by atoms with Crippen molar-refractivity contribution in [2.75, 3.05) is 10.5 Å². The van der Waals surface area contributed by atoms with Crippen molar-refractivity contribution in [1.29, 1.82) is 0 Å². The minimum absolute atomic E-state index is 0.156. The molecule has 29 heavy (non-hydrogen) atoms. The molecule has 3 aromatic heterocycles. The first-order valence-electron chi connectivity index (χ1n) is 8.61. The second kappa shape index (κ2) is 7.37. The van der Waals surface area contributed by atoms with Crippen molar-refractivity contribution >= 4 is 38.5 Å². The molecule has 3 heterocycles. The Balaban J connectivity index is 1.80. The van der Waals surface area contributed by atoms with Crippen LogP contribution in [0.3, 0.4) is 0 Å². The number of sulfonamides is 1. The van der Waals surface area contributed by atoms with Crippen molar-refractivity contribution in [3.05, 3.63) is 70.4 Å². The second-order valence-corrected chi connectivity index (χ2v) is 9.09. The molecule has 1 aromatic carbocycles. The molecule has 0 aliphatic heterocycles. The highest BCUT2D eigenvalue weighted by molar-refractivity contribution is 7.92. The number of carbonyl (C=O) groups is 1. The van der Waals surface area contributed by atoms with Crippen LogP contribution < -0.4 is 4.72 Å². The summed E-state index contributed by atoms with van der Waals surface area (Å²) in [6.07, 6.45) is 2.97. The summed E-state index contributed by atoms with van der Waals surface area (Å²) in [6, 6.07) is 9.25. The fraction of sp³-hybridized carbons (Fsp3) is 0.105. The summed E-state index contributed by atoms with van der Waals surface area (Å²) in [5.74, 6) is -1.05. The van der Waals surface area contributed by atoms with E-state index in [1.165, 1.54) is 53.4 Å². The van der Waals surface area contributed by atoms with E-state index in [-0.39, 0.29) is 17.2 Å². The lowest BCUT2D eigenvalue weighted by atomic mass is 10.1. The molecule has 0 radical (unpaired) electrons. The highest BCUT2D eigenvalue weighted by Gasteiger charge is 2.19. The average Bonchev–Trinajstić information content (AvgIpc) is 3.39. The van der Waals surface area contributed by atoms with Gasteiger partial charge in [0.2, 0.25) is 15.8 Å². The number of fused-ring (bicyclic) bond motifs is 1. The zero-order chi connectivity index (χ0) is 20.6. The second-order valence-electron chi connectivity index (χ2n) is 6.13. The van der Waals surface area contributed by atoms with Gasteiger partial charge in [0, 0.05) is 11.8 Å². The first-order valence-corrected chi connectivity index (χ1v) is 11.1. The highest BCUT2D eigenvalue weighted by Crippen LogP contribution is 2.27. The first kappa shape index (κ1) is 19.2. The molecule has 0 fully saturated rings. The molecule has 1 N–H and O–H groups in total. The van der Waals surface area contributed by atoms with Gasteiger partial charge in [-0.05, 0) is 42.6 Å². The smallest absolute Gasteiger partial charge is 0.232 e. The Bertz CT molecular complexity index is 1310. The maximum Gasteiger partial charge on any atom is 0.232 e. The minimum atomic E-state index is -3.64. The standard InChI is InChI=1S/C19H15FN4O3S2/c1-2-29(26,27)23-15-10-12(5-6-14(15)20)16-7-8-21-19-13(11-22-24(16)19)18(25)17-4-3-9-28-17/h3-11,23H,2H2,1H3. The number of rotatable bonds is 6. The van der Waals surface area contributed by atoms with Gasteiger partial charge in [-0.15, -0.1) is 11.3 Å².